The Balaban J connectivity index is 1.86. The monoisotopic (exact) mass is 296 g/mol. The number of hydrogen-bond donors (Lipinski definition) is 2. The maximum Gasteiger partial charge on any atom is 0.224 e. The van der Waals surface area contributed by atoms with Crippen LogP contribution in [0.25, 0.3) is 0 Å². The number of nitrogens with one attached hydrogen (secondary N) is 1. The molecule has 2 rings (SSSR count). The normalized spacial score (nSPS) is 18.8. The SMILES string of the molecule is Cc1cc(N)c(Cl)cc1NC(=O)CCC1CCCCO1. The maximum absolute atomic E-state index is 12.0. The molecular weight excluding hydrogens is 276 g/mol. The number of rotatable bonds is 4. The van der Waals surface area contributed by atoms with Crippen molar-refractivity contribution < 1.29 is 9.53 Å². The zero-order chi connectivity index (χ0) is 14.5. The molecule has 1 saturated heterocycles. The summed E-state index contributed by atoms with van der Waals surface area (Å²) in [6.07, 6.45) is 4.84. The van der Waals surface area contributed by atoms with Crippen molar-refractivity contribution in [3.63, 3.8) is 0 Å². The Bertz CT molecular complexity index is 485. The van der Waals surface area contributed by atoms with Crippen molar-refractivity contribution in [1.82, 2.24) is 0 Å². The summed E-state index contributed by atoms with van der Waals surface area (Å²) in [5.74, 6) is -0.0110. The van der Waals surface area contributed by atoms with Crippen LogP contribution < -0.4 is 11.1 Å². The predicted octanol–water partition coefficient (Wildman–Crippen LogP) is 3.52. The van der Waals surface area contributed by atoms with Gasteiger partial charge in [0.15, 0.2) is 0 Å². The molecule has 4 nitrogen and oxygen atoms in total. The number of carbonyl (C=O) groups is 1. The van der Waals surface area contributed by atoms with Crippen LogP contribution in [0.5, 0.6) is 0 Å². The lowest BCUT2D eigenvalue weighted by Crippen LogP contribution is -2.22. The van der Waals surface area contributed by atoms with Gasteiger partial charge < -0.3 is 15.8 Å². The molecule has 5 heteroatoms. The van der Waals surface area contributed by atoms with Gasteiger partial charge in [0, 0.05) is 18.7 Å². The molecule has 1 fully saturated rings. The largest absolute Gasteiger partial charge is 0.398 e. The van der Waals surface area contributed by atoms with E-state index in [0.29, 0.717) is 17.1 Å². The Morgan fingerprint density at radius 2 is 2.30 bits per heavy atom. The molecule has 1 heterocycles. The first-order valence-corrected chi connectivity index (χ1v) is 7.41. The third-order valence-corrected chi connectivity index (χ3v) is 3.91. The number of carbonyl (C=O) groups excluding carboxylic acids is 1. The van der Waals surface area contributed by atoms with Crippen molar-refractivity contribution in [3.05, 3.63) is 22.7 Å². The van der Waals surface area contributed by atoms with Crippen LogP contribution in [-0.4, -0.2) is 18.6 Å². The topological polar surface area (TPSA) is 64.3 Å². The Labute approximate surface area is 124 Å². The molecule has 110 valence electrons. The number of nitrogen functional groups attached to an aromatic ring is 1. The molecule has 0 aromatic heterocycles. The first-order chi connectivity index (χ1) is 9.56. The van der Waals surface area contributed by atoms with Gasteiger partial charge in [-0.25, -0.2) is 0 Å². The summed E-state index contributed by atoms with van der Waals surface area (Å²) in [5.41, 5.74) is 7.87. The van der Waals surface area contributed by atoms with Crippen molar-refractivity contribution in [2.45, 2.75) is 45.1 Å². The third-order valence-electron chi connectivity index (χ3n) is 3.59. The smallest absolute Gasteiger partial charge is 0.224 e. The lowest BCUT2D eigenvalue weighted by molar-refractivity contribution is -0.117. The number of hydrogen-bond acceptors (Lipinski definition) is 3. The van der Waals surface area contributed by atoms with E-state index in [9.17, 15) is 4.79 Å². The second-order valence-electron chi connectivity index (χ2n) is 5.26. The average molecular weight is 297 g/mol. The van der Waals surface area contributed by atoms with E-state index < -0.39 is 0 Å². The molecule has 3 N–H and O–H groups in total. The number of nitrogens with two attached hydrogens (primary N) is 1. The molecule has 0 bridgehead atoms. The van der Waals surface area contributed by atoms with E-state index in [-0.39, 0.29) is 12.0 Å². The molecule has 1 aromatic carbocycles. The first kappa shape index (κ1) is 15.1. The van der Waals surface area contributed by atoms with Crippen LogP contribution in [0.3, 0.4) is 0 Å². The highest BCUT2D eigenvalue weighted by Crippen LogP contribution is 2.27. The van der Waals surface area contributed by atoms with Gasteiger partial charge in [-0.3, -0.25) is 4.79 Å². The fraction of sp³-hybridized carbons (Fsp3) is 0.533. The predicted molar refractivity (Wildman–Crippen MR) is 82.1 cm³/mol. The van der Waals surface area contributed by atoms with E-state index in [0.717, 1.165) is 37.1 Å². The Hall–Kier alpha value is -1.26. The van der Waals surface area contributed by atoms with Crippen molar-refractivity contribution in [2.75, 3.05) is 17.7 Å². The maximum atomic E-state index is 12.0. The Morgan fingerprint density at radius 1 is 1.50 bits per heavy atom. The molecule has 0 aliphatic carbocycles. The lowest BCUT2D eigenvalue weighted by atomic mass is 10.0. The van der Waals surface area contributed by atoms with Crippen molar-refractivity contribution in [3.8, 4) is 0 Å². The van der Waals surface area contributed by atoms with Gasteiger partial charge in [0.2, 0.25) is 5.91 Å². The summed E-state index contributed by atoms with van der Waals surface area (Å²) in [5, 5.41) is 3.34. The molecule has 0 saturated carbocycles. The van der Waals surface area contributed by atoms with E-state index >= 15 is 0 Å². The molecule has 1 aliphatic heterocycles. The van der Waals surface area contributed by atoms with Crippen molar-refractivity contribution >= 4 is 28.9 Å². The van der Waals surface area contributed by atoms with Crippen molar-refractivity contribution in [2.24, 2.45) is 0 Å². The summed E-state index contributed by atoms with van der Waals surface area (Å²) < 4.78 is 5.62. The van der Waals surface area contributed by atoms with Crippen molar-refractivity contribution in [1.29, 1.82) is 0 Å². The van der Waals surface area contributed by atoms with E-state index in [1.165, 1.54) is 6.42 Å². The van der Waals surface area contributed by atoms with E-state index in [1.54, 1.807) is 12.1 Å². The van der Waals surface area contributed by atoms with E-state index in [1.807, 2.05) is 6.92 Å². The number of amides is 1. The van der Waals surface area contributed by atoms with Crippen LogP contribution in [0.2, 0.25) is 5.02 Å². The number of halogens is 1. The molecule has 0 radical (unpaired) electrons. The standard InChI is InChI=1S/C15H21ClN2O2/c1-10-8-13(17)12(16)9-14(10)18-15(19)6-5-11-4-2-3-7-20-11/h8-9,11H,2-7,17H2,1H3,(H,18,19). The van der Waals surface area contributed by atoms with E-state index in [2.05, 4.69) is 5.32 Å². The minimum absolute atomic E-state index is 0.0110. The highest BCUT2D eigenvalue weighted by Gasteiger charge is 2.15. The van der Waals surface area contributed by atoms with E-state index in [4.69, 9.17) is 22.1 Å². The molecular formula is C15H21ClN2O2. The second-order valence-corrected chi connectivity index (χ2v) is 5.67. The summed E-state index contributed by atoms with van der Waals surface area (Å²) in [4.78, 5) is 12.0. The quantitative estimate of drug-likeness (QED) is 0.836. The first-order valence-electron chi connectivity index (χ1n) is 7.03. The average Bonchev–Trinajstić information content (AvgIpc) is 2.44. The lowest BCUT2D eigenvalue weighted by Gasteiger charge is -2.22. The van der Waals surface area contributed by atoms with Gasteiger partial charge in [0.05, 0.1) is 16.8 Å². The van der Waals surface area contributed by atoms with Gasteiger partial charge in [-0.1, -0.05) is 11.6 Å². The van der Waals surface area contributed by atoms with Gasteiger partial charge in [-0.15, -0.1) is 0 Å². The minimum atomic E-state index is -0.0110. The number of anilines is 2. The van der Waals surface area contributed by atoms with Crippen LogP contribution in [0, 0.1) is 6.92 Å². The summed E-state index contributed by atoms with van der Waals surface area (Å²) in [6.45, 7) is 2.71. The Kier molecular flexibility index (Phi) is 5.26. The molecule has 0 spiro atoms. The van der Waals surface area contributed by atoms with Gasteiger partial charge in [0.1, 0.15) is 0 Å². The Morgan fingerprint density at radius 3 is 3.00 bits per heavy atom. The highest BCUT2D eigenvalue weighted by molar-refractivity contribution is 6.33. The zero-order valence-electron chi connectivity index (χ0n) is 11.7. The fourth-order valence-corrected chi connectivity index (χ4v) is 2.54. The molecule has 1 amide bonds. The molecule has 1 aromatic rings. The summed E-state index contributed by atoms with van der Waals surface area (Å²) in [6, 6.07) is 3.46. The summed E-state index contributed by atoms with van der Waals surface area (Å²) >= 11 is 5.97. The van der Waals surface area contributed by atoms with Gasteiger partial charge in [0.25, 0.3) is 0 Å². The molecule has 1 atom stereocenters. The number of ether oxygens (including phenoxy) is 1. The number of aryl methyl sites for hydroxylation is 1. The van der Waals surface area contributed by atoms with Crippen LogP contribution in [0.15, 0.2) is 12.1 Å². The van der Waals surface area contributed by atoms with Crippen LogP contribution >= 0.6 is 11.6 Å². The highest BCUT2D eigenvalue weighted by atomic mass is 35.5. The van der Waals surface area contributed by atoms with Crippen LogP contribution in [0.4, 0.5) is 11.4 Å². The number of benzene rings is 1. The third kappa shape index (κ3) is 4.12. The molecule has 1 unspecified atom stereocenters. The molecule has 20 heavy (non-hydrogen) atoms. The second kappa shape index (κ2) is 6.95. The molecule has 1 aliphatic rings. The van der Waals surface area contributed by atoms with Gasteiger partial charge in [-0.05, 0) is 50.3 Å². The minimum Gasteiger partial charge on any atom is -0.398 e. The zero-order valence-corrected chi connectivity index (χ0v) is 12.5. The van der Waals surface area contributed by atoms with Gasteiger partial charge in [-0.2, -0.15) is 0 Å². The van der Waals surface area contributed by atoms with Crippen LogP contribution in [0.1, 0.15) is 37.7 Å². The van der Waals surface area contributed by atoms with Crippen LogP contribution in [-0.2, 0) is 9.53 Å². The fourth-order valence-electron chi connectivity index (χ4n) is 2.38. The van der Waals surface area contributed by atoms with Gasteiger partial charge >= 0.3 is 0 Å². The summed E-state index contributed by atoms with van der Waals surface area (Å²) in [7, 11) is 0.